The smallest absolute Gasteiger partial charge is 0.193 e. The summed E-state index contributed by atoms with van der Waals surface area (Å²) in [6, 6.07) is 9.29. The molecule has 2 rings (SSSR count). The van der Waals surface area contributed by atoms with Gasteiger partial charge in [0.2, 0.25) is 0 Å². The summed E-state index contributed by atoms with van der Waals surface area (Å²) >= 11 is 9.04. The van der Waals surface area contributed by atoms with Crippen LogP contribution in [0.25, 0.3) is 0 Å². The highest BCUT2D eigenvalue weighted by atomic mass is 79.9. The lowest BCUT2D eigenvalue weighted by atomic mass is 10.0. The van der Waals surface area contributed by atoms with E-state index in [2.05, 4.69) is 15.9 Å². The minimum atomic E-state index is -0.395. The molecule has 18 heavy (non-hydrogen) atoms. The van der Waals surface area contributed by atoms with Crippen LogP contribution in [0.4, 0.5) is 4.39 Å². The van der Waals surface area contributed by atoms with Gasteiger partial charge in [-0.15, -0.1) is 0 Å². The first-order chi connectivity index (χ1) is 8.49. The van der Waals surface area contributed by atoms with Gasteiger partial charge in [-0.25, -0.2) is 4.39 Å². The normalized spacial score (nSPS) is 10.4. The fourth-order valence-electron chi connectivity index (χ4n) is 1.54. The molecule has 92 valence electrons. The van der Waals surface area contributed by atoms with E-state index in [9.17, 15) is 9.18 Å². The van der Waals surface area contributed by atoms with E-state index in [-0.39, 0.29) is 10.3 Å². The average Bonchev–Trinajstić information content (AvgIpc) is 2.35. The SMILES string of the molecule is Cc1ccc(C(=O)c2ccc(F)c(Br)c2)cc1Cl. The van der Waals surface area contributed by atoms with Gasteiger partial charge < -0.3 is 0 Å². The second kappa shape index (κ2) is 5.21. The molecule has 0 aliphatic carbocycles. The van der Waals surface area contributed by atoms with Crippen LogP contribution in [-0.2, 0) is 0 Å². The molecule has 0 saturated heterocycles. The molecule has 0 aliphatic rings. The summed E-state index contributed by atoms with van der Waals surface area (Å²) in [6.45, 7) is 1.87. The van der Waals surface area contributed by atoms with Gasteiger partial charge in [-0.1, -0.05) is 23.7 Å². The maximum atomic E-state index is 13.1. The van der Waals surface area contributed by atoms with Crippen LogP contribution in [-0.4, -0.2) is 5.78 Å². The van der Waals surface area contributed by atoms with Gasteiger partial charge in [0.25, 0.3) is 0 Å². The maximum absolute atomic E-state index is 13.1. The number of benzene rings is 2. The van der Waals surface area contributed by atoms with Crippen molar-refractivity contribution in [1.29, 1.82) is 0 Å². The van der Waals surface area contributed by atoms with Gasteiger partial charge in [-0.2, -0.15) is 0 Å². The van der Waals surface area contributed by atoms with E-state index in [1.165, 1.54) is 18.2 Å². The van der Waals surface area contributed by atoms with Gasteiger partial charge in [-0.3, -0.25) is 4.79 Å². The first-order valence-corrected chi connectivity index (χ1v) is 6.42. The van der Waals surface area contributed by atoms with Gasteiger partial charge in [-0.05, 0) is 52.7 Å². The number of carbonyl (C=O) groups excluding carboxylic acids is 1. The summed E-state index contributed by atoms with van der Waals surface area (Å²) in [6.07, 6.45) is 0. The number of hydrogen-bond acceptors (Lipinski definition) is 1. The highest BCUT2D eigenvalue weighted by Crippen LogP contribution is 2.22. The second-order valence-corrected chi connectivity index (χ2v) is 5.18. The minimum absolute atomic E-state index is 0.183. The fourth-order valence-corrected chi connectivity index (χ4v) is 2.10. The van der Waals surface area contributed by atoms with E-state index in [4.69, 9.17) is 11.6 Å². The topological polar surface area (TPSA) is 17.1 Å². The molecule has 0 aliphatic heterocycles. The van der Waals surface area contributed by atoms with Crippen LogP contribution in [0, 0.1) is 12.7 Å². The van der Waals surface area contributed by atoms with Gasteiger partial charge in [0.05, 0.1) is 4.47 Å². The van der Waals surface area contributed by atoms with E-state index in [1.807, 2.05) is 6.92 Å². The molecule has 0 saturated carbocycles. The van der Waals surface area contributed by atoms with Crippen molar-refractivity contribution >= 4 is 33.3 Å². The summed E-state index contributed by atoms with van der Waals surface area (Å²) in [7, 11) is 0. The van der Waals surface area contributed by atoms with Crippen LogP contribution in [0.2, 0.25) is 5.02 Å². The summed E-state index contributed by atoms with van der Waals surface area (Å²) in [5, 5.41) is 0.544. The summed E-state index contributed by atoms with van der Waals surface area (Å²) in [5.41, 5.74) is 1.82. The van der Waals surface area contributed by atoms with E-state index >= 15 is 0 Å². The molecule has 0 atom stereocenters. The molecule has 0 unspecified atom stereocenters. The predicted molar refractivity (Wildman–Crippen MR) is 73.7 cm³/mol. The van der Waals surface area contributed by atoms with Crippen molar-refractivity contribution in [2.75, 3.05) is 0 Å². The zero-order chi connectivity index (χ0) is 13.3. The van der Waals surface area contributed by atoms with Crippen LogP contribution in [0.3, 0.4) is 0 Å². The molecule has 2 aromatic carbocycles. The Balaban J connectivity index is 2.41. The van der Waals surface area contributed by atoms with Crippen molar-refractivity contribution in [2.45, 2.75) is 6.92 Å². The number of rotatable bonds is 2. The minimum Gasteiger partial charge on any atom is -0.289 e. The molecule has 0 N–H and O–H groups in total. The van der Waals surface area contributed by atoms with Crippen molar-refractivity contribution in [1.82, 2.24) is 0 Å². The molecular weight excluding hydrogens is 319 g/mol. The van der Waals surface area contributed by atoms with Crippen LogP contribution in [0.5, 0.6) is 0 Å². The van der Waals surface area contributed by atoms with Gasteiger partial charge in [0, 0.05) is 16.1 Å². The van der Waals surface area contributed by atoms with Gasteiger partial charge in [0.1, 0.15) is 5.82 Å². The first kappa shape index (κ1) is 13.2. The maximum Gasteiger partial charge on any atom is 0.193 e. The Labute approximate surface area is 118 Å². The Hall–Kier alpha value is -1.19. The van der Waals surface area contributed by atoms with Crippen molar-refractivity contribution in [3.63, 3.8) is 0 Å². The Bertz CT molecular complexity index is 572. The van der Waals surface area contributed by atoms with E-state index in [1.54, 1.807) is 18.2 Å². The largest absolute Gasteiger partial charge is 0.289 e. The third kappa shape index (κ3) is 2.62. The van der Waals surface area contributed by atoms with E-state index in [0.29, 0.717) is 16.1 Å². The Morgan fingerprint density at radius 3 is 2.39 bits per heavy atom. The standard InChI is InChI=1S/C14H9BrClFO/c1-8-2-3-10(7-12(8)16)14(18)9-4-5-13(17)11(15)6-9/h2-7H,1H3. The first-order valence-electron chi connectivity index (χ1n) is 5.25. The third-order valence-electron chi connectivity index (χ3n) is 2.62. The molecule has 0 fully saturated rings. The number of carbonyl (C=O) groups is 1. The zero-order valence-corrected chi connectivity index (χ0v) is 11.8. The van der Waals surface area contributed by atoms with Gasteiger partial charge >= 0.3 is 0 Å². The van der Waals surface area contributed by atoms with Crippen molar-refractivity contribution in [3.8, 4) is 0 Å². The molecule has 1 nitrogen and oxygen atoms in total. The second-order valence-electron chi connectivity index (χ2n) is 3.92. The highest BCUT2D eigenvalue weighted by molar-refractivity contribution is 9.10. The lowest BCUT2D eigenvalue weighted by Gasteiger charge is -2.04. The quantitative estimate of drug-likeness (QED) is 0.725. The Morgan fingerprint density at radius 2 is 1.78 bits per heavy atom. The van der Waals surface area contributed by atoms with Crippen molar-refractivity contribution in [3.05, 3.63) is 68.4 Å². The molecule has 0 aromatic heterocycles. The number of ketones is 1. The van der Waals surface area contributed by atoms with Crippen LogP contribution in [0.15, 0.2) is 40.9 Å². The predicted octanol–water partition coefficient (Wildman–Crippen LogP) is 4.78. The van der Waals surface area contributed by atoms with Crippen LogP contribution in [0.1, 0.15) is 21.5 Å². The molecule has 0 amide bonds. The van der Waals surface area contributed by atoms with Crippen LogP contribution < -0.4 is 0 Å². The summed E-state index contributed by atoms with van der Waals surface area (Å²) < 4.78 is 13.4. The molecule has 0 heterocycles. The van der Waals surface area contributed by atoms with E-state index < -0.39 is 5.82 Å². The van der Waals surface area contributed by atoms with Gasteiger partial charge in [0.15, 0.2) is 5.78 Å². The molecule has 0 bridgehead atoms. The van der Waals surface area contributed by atoms with Crippen LogP contribution >= 0.6 is 27.5 Å². The molecule has 0 radical (unpaired) electrons. The van der Waals surface area contributed by atoms with E-state index in [0.717, 1.165) is 5.56 Å². The third-order valence-corrected chi connectivity index (χ3v) is 3.63. The monoisotopic (exact) mass is 326 g/mol. The van der Waals surface area contributed by atoms with Crippen molar-refractivity contribution < 1.29 is 9.18 Å². The molecular formula is C14H9BrClFO. The molecule has 0 spiro atoms. The summed E-state index contributed by atoms with van der Waals surface area (Å²) in [4.78, 5) is 12.2. The average molecular weight is 328 g/mol. The van der Waals surface area contributed by atoms with Crippen molar-refractivity contribution in [2.24, 2.45) is 0 Å². The number of aryl methyl sites for hydroxylation is 1. The number of hydrogen-bond donors (Lipinski definition) is 0. The zero-order valence-electron chi connectivity index (χ0n) is 9.51. The highest BCUT2D eigenvalue weighted by Gasteiger charge is 2.12. The molecule has 2 aromatic rings. The molecule has 4 heteroatoms. The summed E-state index contributed by atoms with van der Waals surface area (Å²) in [5.74, 6) is -0.578. The lowest BCUT2D eigenvalue weighted by Crippen LogP contribution is -2.02. The lowest BCUT2D eigenvalue weighted by molar-refractivity contribution is 0.103. The Morgan fingerprint density at radius 1 is 1.17 bits per heavy atom. The number of halogens is 3. The Kier molecular flexibility index (Phi) is 3.83. The fraction of sp³-hybridized carbons (Fsp3) is 0.0714.